The number of para-hydroxylation sites is 2. The fraction of sp³-hybridized carbons (Fsp3) is 0.462. The minimum atomic E-state index is -2.51. The second-order valence-electron chi connectivity index (χ2n) is 16.6. The Balaban J connectivity index is 0.000000252. The Morgan fingerprint density at radius 3 is 1.42 bits per heavy atom. The summed E-state index contributed by atoms with van der Waals surface area (Å²) < 4.78 is 7.26. The molecule has 0 aliphatic rings. The molecule has 4 aromatic carbocycles. The first-order chi connectivity index (χ1) is 30.1. The van der Waals surface area contributed by atoms with Crippen LogP contribution in [0.15, 0.2) is 84.9 Å². The van der Waals surface area contributed by atoms with Gasteiger partial charge in [-0.05, 0) is 79.1 Å². The van der Waals surface area contributed by atoms with E-state index in [1.165, 1.54) is 60.8 Å². The summed E-state index contributed by atoms with van der Waals surface area (Å²) in [5, 5.41) is 10.5. The van der Waals surface area contributed by atoms with Crippen LogP contribution in [0.5, 0.6) is 0 Å². The molecule has 0 saturated heterocycles. The molecule has 2 heterocycles. The monoisotopic (exact) mass is 1060 g/mol. The molecule has 0 aliphatic heterocycles. The molecule has 332 valence electrons. The zero-order valence-corrected chi connectivity index (χ0v) is 43.6. The molecule has 6 rings (SSSR count). The van der Waals surface area contributed by atoms with Gasteiger partial charge in [0.05, 0.1) is 16.6 Å². The number of pyridine rings is 2. The number of rotatable bonds is 22. The summed E-state index contributed by atoms with van der Waals surface area (Å²) in [6.45, 7) is 22.6. The van der Waals surface area contributed by atoms with Crippen LogP contribution in [0.2, 0.25) is 13.3 Å². The van der Waals surface area contributed by atoms with Crippen LogP contribution in [-0.2, 0) is 0 Å². The SMILES string of the molecule is CCC[CH2][Sn]([CH2]CCC)([CH2]CCC)[c]1ccc2nc3c(C(=O)NCCN(CC)CC)cccc3cc2c1.CCN(CC)CCNC(=O)c1cccc2cc3cc(I)ccc3nc12. The predicted molar refractivity (Wildman–Crippen MR) is 276 cm³/mol. The third kappa shape index (κ3) is 13.1. The average molecular weight is 1060 g/mol. The molecule has 0 atom stereocenters. The standard InChI is InChI=1S/C20H22IN3O.C20H22N3O.3C4H9.Sn/c1-3-24(4-2)11-10-22-20(25)17-7-5-6-14-12-15-13-16(21)8-9-18(15)23-19(14)17;1-3-23(4-2)13-12-21-20(24)17-10-7-9-16-14-15-8-5-6-11-18(15)22-19(16)17;3*1-3-4-2;/h5-9,12-13H,3-4,10-11H2,1-2H3,(H,22,25);6-11,14H,3-4,12-13H2,1-2H3,(H,21,24);3*1,3-4H2,2H3;. The number of benzene rings is 4. The summed E-state index contributed by atoms with van der Waals surface area (Å²) >= 11 is -0.208. The molecule has 2 aromatic heterocycles. The van der Waals surface area contributed by atoms with Gasteiger partial charge < -0.3 is 10.2 Å². The Labute approximate surface area is 389 Å². The molecule has 8 nitrogen and oxygen atoms in total. The maximum absolute atomic E-state index is 13.1. The number of hydrogen-bond donors (Lipinski definition) is 2. The largest absolute Gasteiger partial charge is 0.351 e. The van der Waals surface area contributed by atoms with Crippen molar-refractivity contribution < 1.29 is 9.59 Å². The van der Waals surface area contributed by atoms with E-state index < -0.39 is 18.4 Å². The number of amides is 2. The molecule has 0 fully saturated rings. The number of likely N-dealkylation sites (N-methyl/N-ethyl adjacent to an activating group) is 2. The van der Waals surface area contributed by atoms with Gasteiger partial charge in [-0.25, -0.2) is 4.98 Å². The van der Waals surface area contributed by atoms with Gasteiger partial charge >= 0.3 is 203 Å². The van der Waals surface area contributed by atoms with Crippen LogP contribution in [-0.4, -0.2) is 102 Å². The van der Waals surface area contributed by atoms with Crippen molar-refractivity contribution >= 4 is 100.0 Å². The van der Waals surface area contributed by atoms with Gasteiger partial charge in [0.25, 0.3) is 5.91 Å². The van der Waals surface area contributed by atoms with Gasteiger partial charge in [0.2, 0.25) is 0 Å². The van der Waals surface area contributed by atoms with Crippen molar-refractivity contribution in [2.75, 3.05) is 52.4 Å². The number of halogens is 1. The van der Waals surface area contributed by atoms with Crippen LogP contribution < -0.4 is 14.2 Å². The normalized spacial score (nSPS) is 11.8. The van der Waals surface area contributed by atoms with Crippen molar-refractivity contribution in [3.8, 4) is 0 Å². The van der Waals surface area contributed by atoms with Crippen molar-refractivity contribution in [2.45, 2.75) is 100 Å². The van der Waals surface area contributed by atoms with Crippen LogP contribution >= 0.6 is 22.6 Å². The third-order valence-corrected chi connectivity index (χ3v) is 28.9. The van der Waals surface area contributed by atoms with Crippen molar-refractivity contribution in [3.05, 3.63) is 99.6 Å². The number of nitrogens with zero attached hydrogens (tertiary/aromatic N) is 4. The molecule has 0 unspecified atom stereocenters. The van der Waals surface area contributed by atoms with Crippen LogP contribution in [0.4, 0.5) is 0 Å². The predicted octanol–water partition coefficient (Wildman–Crippen LogP) is 11.6. The number of nitrogens with one attached hydrogen (secondary N) is 2. The number of aromatic nitrogens is 2. The molecular weight excluding hydrogens is 986 g/mol. The van der Waals surface area contributed by atoms with Gasteiger partial charge in [0.1, 0.15) is 0 Å². The molecule has 2 amide bonds. The summed E-state index contributed by atoms with van der Waals surface area (Å²) in [5.74, 6) is -0.0924. The van der Waals surface area contributed by atoms with E-state index in [-0.39, 0.29) is 11.8 Å². The van der Waals surface area contributed by atoms with Gasteiger partial charge in [-0.2, -0.15) is 0 Å². The Morgan fingerprint density at radius 1 is 0.548 bits per heavy atom. The van der Waals surface area contributed by atoms with Gasteiger partial charge in [0, 0.05) is 27.4 Å². The number of carbonyl (C=O) groups excluding carboxylic acids is 2. The molecule has 0 aliphatic carbocycles. The van der Waals surface area contributed by atoms with Crippen LogP contribution in [0, 0.1) is 3.57 Å². The third-order valence-electron chi connectivity index (χ3n) is 12.6. The Kier molecular flexibility index (Phi) is 20.2. The minimum Gasteiger partial charge on any atom is -0.351 e. The summed E-state index contributed by atoms with van der Waals surface area (Å²) in [6, 6.07) is 29.5. The smallest absolute Gasteiger partial charge is 0.253 e. The summed E-state index contributed by atoms with van der Waals surface area (Å²) in [7, 11) is 0. The van der Waals surface area contributed by atoms with Crippen molar-refractivity contribution in [1.82, 2.24) is 30.4 Å². The van der Waals surface area contributed by atoms with Crippen molar-refractivity contribution in [3.63, 3.8) is 0 Å². The van der Waals surface area contributed by atoms with Crippen LogP contribution in [0.3, 0.4) is 0 Å². The van der Waals surface area contributed by atoms with Gasteiger partial charge in [-0.15, -0.1) is 0 Å². The van der Waals surface area contributed by atoms with Gasteiger partial charge in [0.15, 0.2) is 0 Å². The fourth-order valence-corrected chi connectivity index (χ4v) is 25.2. The van der Waals surface area contributed by atoms with Gasteiger partial charge in [-0.3, -0.25) is 4.79 Å². The average Bonchev–Trinajstić information content (AvgIpc) is 3.29. The van der Waals surface area contributed by atoms with E-state index >= 15 is 0 Å². The molecule has 0 saturated carbocycles. The summed E-state index contributed by atoms with van der Waals surface area (Å²) in [5.41, 5.74) is 4.79. The van der Waals surface area contributed by atoms with E-state index in [0.717, 1.165) is 77.5 Å². The topological polar surface area (TPSA) is 90.5 Å². The second-order valence-corrected chi connectivity index (χ2v) is 31.1. The fourth-order valence-electron chi connectivity index (χ4n) is 8.67. The number of fused-ring (bicyclic) bond motifs is 4. The molecule has 0 bridgehead atoms. The zero-order valence-electron chi connectivity index (χ0n) is 38.6. The van der Waals surface area contributed by atoms with Crippen molar-refractivity contribution in [2.24, 2.45) is 0 Å². The maximum Gasteiger partial charge on any atom is 0.253 e. The first-order valence-electron chi connectivity index (χ1n) is 23.5. The van der Waals surface area contributed by atoms with E-state index in [1.807, 2.05) is 42.5 Å². The Bertz CT molecular complexity index is 2360. The maximum atomic E-state index is 13.1. The molecule has 2 N–H and O–H groups in total. The van der Waals surface area contributed by atoms with Gasteiger partial charge in [-0.1, -0.05) is 39.8 Å². The van der Waals surface area contributed by atoms with Crippen LogP contribution in [0.1, 0.15) is 108 Å². The Hall–Kier alpha value is -3.39. The molecular formula is C52H71IN6O2Sn. The van der Waals surface area contributed by atoms with E-state index in [1.54, 1.807) is 3.58 Å². The molecule has 6 aromatic rings. The number of carbonyl (C=O) groups is 2. The van der Waals surface area contributed by atoms with E-state index in [0.29, 0.717) is 24.2 Å². The van der Waals surface area contributed by atoms with Crippen molar-refractivity contribution in [1.29, 1.82) is 0 Å². The number of hydrogen-bond acceptors (Lipinski definition) is 6. The van der Waals surface area contributed by atoms with Crippen LogP contribution in [0.25, 0.3) is 43.6 Å². The molecule has 10 heteroatoms. The minimum absolute atomic E-state index is 0.0323. The summed E-state index contributed by atoms with van der Waals surface area (Å²) in [6.07, 6.45) is 7.96. The van der Waals surface area contributed by atoms with E-state index in [9.17, 15) is 9.59 Å². The zero-order chi connectivity index (χ0) is 44.5. The van der Waals surface area contributed by atoms with E-state index in [2.05, 4.69) is 134 Å². The molecule has 0 spiro atoms. The molecule has 62 heavy (non-hydrogen) atoms. The van der Waals surface area contributed by atoms with E-state index in [4.69, 9.17) is 9.97 Å². The second kappa shape index (κ2) is 25.2. The molecule has 0 radical (unpaired) electrons. The summed E-state index contributed by atoms with van der Waals surface area (Å²) in [4.78, 5) is 40.1. The first-order valence-corrected chi connectivity index (χ1v) is 32.0. The first kappa shape index (κ1) is 49.6. The Morgan fingerprint density at radius 2 is 0.984 bits per heavy atom. The quantitative estimate of drug-likeness (QED) is 0.0400. The number of unbranched alkanes of at least 4 members (excludes halogenated alkanes) is 3.